The van der Waals surface area contributed by atoms with Gasteiger partial charge in [-0.1, -0.05) is 201 Å². The minimum atomic E-state index is 1.08. The van der Waals surface area contributed by atoms with E-state index in [1.54, 1.807) is 0 Å². The molecule has 0 fully saturated rings. The van der Waals surface area contributed by atoms with Crippen molar-refractivity contribution in [3.8, 4) is 55.6 Å². The molecule has 0 radical (unpaired) electrons. The molecule has 0 aliphatic heterocycles. The van der Waals surface area contributed by atoms with E-state index in [0.717, 1.165) is 50.8 Å². The van der Waals surface area contributed by atoms with Crippen LogP contribution in [-0.2, 0) is 0 Å². The zero-order chi connectivity index (χ0) is 43.1. The Labute approximate surface area is 377 Å². The van der Waals surface area contributed by atoms with Crippen LogP contribution in [0.1, 0.15) is 5.56 Å². The highest BCUT2D eigenvalue weighted by molar-refractivity contribution is 5.83. The zero-order valence-corrected chi connectivity index (χ0v) is 35.5. The van der Waals surface area contributed by atoms with Crippen molar-refractivity contribution < 1.29 is 0 Å². The number of hydrogen-bond acceptors (Lipinski definition) is 2. The third kappa shape index (κ3) is 8.54. The second-order valence-electron chi connectivity index (χ2n) is 15.9. The number of hydrogen-bond donors (Lipinski definition) is 0. The largest absolute Gasteiger partial charge is 0.311 e. The van der Waals surface area contributed by atoms with E-state index in [-0.39, 0.29) is 0 Å². The number of nitrogens with zero attached hydrogens (tertiary/aromatic N) is 2. The molecule has 0 saturated heterocycles. The van der Waals surface area contributed by atoms with Gasteiger partial charge in [0.25, 0.3) is 0 Å². The van der Waals surface area contributed by atoms with Crippen LogP contribution in [0.4, 0.5) is 34.1 Å². The van der Waals surface area contributed by atoms with Crippen molar-refractivity contribution >= 4 is 40.2 Å². The summed E-state index contributed by atoms with van der Waals surface area (Å²) in [6.45, 7) is 3.98. The third-order valence-corrected chi connectivity index (χ3v) is 11.9. The van der Waals surface area contributed by atoms with Gasteiger partial charge in [-0.05, 0) is 134 Å². The highest BCUT2D eigenvalue weighted by Crippen LogP contribution is 2.40. The quantitative estimate of drug-likeness (QED) is 0.121. The molecule has 10 rings (SSSR count). The van der Waals surface area contributed by atoms with Crippen molar-refractivity contribution in [3.63, 3.8) is 0 Å². The molecular weight excluding hydrogens is 773 g/mol. The van der Waals surface area contributed by atoms with Crippen LogP contribution in [0.25, 0.3) is 61.7 Å². The van der Waals surface area contributed by atoms with Crippen LogP contribution in [-0.4, -0.2) is 0 Å². The maximum absolute atomic E-state index is 3.98. The SMILES string of the molecule is C=Cc1ccc(N(c2ccc(-c3ccc(-c4ccccc4)cc3)cc2)c2ccc(-c3ccc(N(c4ccc(-c5ccccc5)cc4)c4ccc(-c5ccccc5)cc4)cc3)cc2)cc1. The van der Waals surface area contributed by atoms with Gasteiger partial charge < -0.3 is 9.80 Å². The van der Waals surface area contributed by atoms with Crippen LogP contribution < -0.4 is 9.80 Å². The van der Waals surface area contributed by atoms with Gasteiger partial charge in [0.2, 0.25) is 0 Å². The first kappa shape index (κ1) is 39.7. The molecule has 64 heavy (non-hydrogen) atoms. The van der Waals surface area contributed by atoms with E-state index < -0.39 is 0 Å². The highest BCUT2D eigenvalue weighted by atomic mass is 15.1. The summed E-state index contributed by atoms with van der Waals surface area (Å²) in [5.41, 5.74) is 19.5. The summed E-state index contributed by atoms with van der Waals surface area (Å²) in [6.07, 6.45) is 1.88. The van der Waals surface area contributed by atoms with E-state index in [9.17, 15) is 0 Å². The molecule has 304 valence electrons. The maximum atomic E-state index is 3.98. The Morgan fingerprint density at radius 1 is 0.203 bits per heavy atom. The van der Waals surface area contributed by atoms with Gasteiger partial charge in [0, 0.05) is 34.1 Å². The van der Waals surface area contributed by atoms with Gasteiger partial charge in [0.05, 0.1) is 0 Å². The van der Waals surface area contributed by atoms with Crippen LogP contribution in [0, 0.1) is 0 Å². The van der Waals surface area contributed by atoms with Gasteiger partial charge >= 0.3 is 0 Å². The molecule has 2 heteroatoms. The lowest BCUT2D eigenvalue weighted by Gasteiger charge is -2.26. The molecular formula is C62H46N2. The zero-order valence-electron chi connectivity index (χ0n) is 35.5. The number of anilines is 6. The summed E-state index contributed by atoms with van der Waals surface area (Å²) in [6, 6.07) is 93.3. The average Bonchev–Trinajstić information content (AvgIpc) is 3.39. The van der Waals surface area contributed by atoms with Gasteiger partial charge in [-0.15, -0.1) is 0 Å². The van der Waals surface area contributed by atoms with Gasteiger partial charge in [0.15, 0.2) is 0 Å². The van der Waals surface area contributed by atoms with Gasteiger partial charge in [-0.3, -0.25) is 0 Å². The minimum Gasteiger partial charge on any atom is -0.311 e. The molecule has 10 aromatic carbocycles. The van der Waals surface area contributed by atoms with E-state index in [0.29, 0.717) is 0 Å². The Hall–Kier alpha value is -8.46. The highest BCUT2D eigenvalue weighted by Gasteiger charge is 2.16. The van der Waals surface area contributed by atoms with Crippen LogP contribution in [0.15, 0.2) is 267 Å². The standard InChI is InChI=1S/C62H46N2/c1-2-46-18-34-57(35-19-46)63(58-40-28-54(29-41-58)51-22-20-50(21-23-51)47-12-6-3-7-13-47)59-42-30-55(31-43-59)56-32-44-62(45-33-56)64(60-36-24-52(25-37-60)48-14-8-4-9-15-48)61-38-26-53(27-39-61)49-16-10-5-11-17-49/h2-45H,1H2. The van der Waals surface area contributed by atoms with E-state index in [4.69, 9.17) is 0 Å². The molecule has 0 aromatic heterocycles. The Balaban J connectivity index is 0.934. The van der Waals surface area contributed by atoms with Crippen molar-refractivity contribution in [2.45, 2.75) is 0 Å². The van der Waals surface area contributed by atoms with Crippen molar-refractivity contribution in [2.75, 3.05) is 9.80 Å². The Kier molecular flexibility index (Phi) is 11.3. The van der Waals surface area contributed by atoms with Crippen LogP contribution in [0.5, 0.6) is 0 Å². The monoisotopic (exact) mass is 818 g/mol. The van der Waals surface area contributed by atoms with Crippen LogP contribution in [0.2, 0.25) is 0 Å². The molecule has 0 heterocycles. The average molecular weight is 819 g/mol. The normalized spacial score (nSPS) is 10.9. The molecule has 0 atom stereocenters. The number of benzene rings is 10. The first-order valence-electron chi connectivity index (χ1n) is 21.8. The third-order valence-electron chi connectivity index (χ3n) is 11.9. The lowest BCUT2D eigenvalue weighted by molar-refractivity contribution is 1.28. The van der Waals surface area contributed by atoms with Crippen molar-refractivity contribution in [3.05, 3.63) is 273 Å². The van der Waals surface area contributed by atoms with E-state index in [2.05, 4.69) is 277 Å². The summed E-state index contributed by atoms with van der Waals surface area (Å²) >= 11 is 0. The van der Waals surface area contributed by atoms with Gasteiger partial charge in [-0.2, -0.15) is 0 Å². The molecule has 0 saturated carbocycles. The second kappa shape index (κ2) is 18.3. The van der Waals surface area contributed by atoms with Gasteiger partial charge in [-0.25, -0.2) is 0 Å². The maximum Gasteiger partial charge on any atom is 0.0462 e. The smallest absolute Gasteiger partial charge is 0.0462 e. The van der Waals surface area contributed by atoms with Crippen molar-refractivity contribution in [1.82, 2.24) is 0 Å². The molecule has 0 unspecified atom stereocenters. The predicted molar refractivity (Wildman–Crippen MR) is 273 cm³/mol. The summed E-state index contributed by atoms with van der Waals surface area (Å²) in [5.74, 6) is 0. The predicted octanol–water partition coefficient (Wildman–Crippen LogP) is 17.6. The summed E-state index contributed by atoms with van der Waals surface area (Å²) in [5, 5.41) is 0. The molecule has 0 bridgehead atoms. The molecule has 0 N–H and O–H groups in total. The van der Waals surface area contributed by atoms with Crippen molar-refractivity contribution in [2.24, 2.45) is 0 Å². The van der Waals surface area contributed by atoms with E-state index in [1.807, 2.05) is 6.08 Å². The fourth-order valence-corrected chi connectivity index (χ4v) is 8.42. The van der Waals surface area contributed by atoms with Crippen LogP contribution >= 0.6 is 0 Å². The lowest BCUT2D eigenvalue weighted by Crippen LogP contribution is -2.10. The summed E-state index contributed by atoms with van der Waals surface area (Å²) < 4.78 is 0. The second-order valence-corrected chi connectivity index (χ2v) is 15.9. The molecule has 10 aromatic rings. The first-order valence-corrected chi connectivity index (χ1v) is 21.8. The Bertz CT molecular complexity index is 2990. The first-order chi connectivity index (χ1) is 31.7. The van der Waals surface area contributed by atoms with E-state index >= 15 is 0 Å². The van der Waals surface area contributed by atoms with Gasteiger partial charge in [0.1, 0.15) is 0 Å². The van der Waals surface area contributed by atoms with Crippen molar-refractivity contribution in [1.29, 1.82) is 0 Å². The molecule has 0 amide bonds. The Morgan fingerprint density at radius 3 is 0.578 bits per heavy atom. The Morgan fingerprint density at radius 2 is 0.375 bits per heavy atom. The molecule has 0 aliphatic rings. The fourth-order valence-electron chi connectivity index (χ4n) is 8.42. The van der Waals surface area contributed by atoms with E-state index in [1.165, 1.54) is 44.5 Å². The molecule has 0 aliphatic carbocycles. The molecule has 0 spiro atoms. The number of rotatable bonds is 12. The van der Waals surface area contributed by atoms with Crippen LogP contribution in [0.3, 0.4) is 0 Å². The molecule has 2 nitrogen and oxygen atoms in total. The lowest BCUT2D eigenvalue weighted by atomic mass is 10.00. The summed E-state index contributed by atoms with van der Waals surface area (Å²) in [7, 11) is 0. The topological polar surface area (TPSA) is 6.48 Å². The fraction of sp³-hybridized carbons (Fsp3) is 0. The summed E-state index contributed by atoms with van der Waals surface area (Å²) in [4.78, 5) is 4.64. The minimum absolute atomic E-state index is 1.08.